The molecule has 1 aromatic carbocycles. The molecule has 0 fully saturated rings. The van der Waals surface area contributed by atoms with Crippen molar-refractivity contribution in [3.8, 4) is 22.2 Å². The first-order chi connectivity index (χ1) is 13.1. The van der Waals surface area contributed by atoms with Crippen LogP contribution in [0.15, 0.2) is 58.6 Å². The second kappa shape index (κ2) is 7.20. The van der Waals surface area contributed by atoms with Gasteiger partial charge in [0.15, 0.2) is 10.8 Å². The Kier molecular flexibility index (Phi) is 4.60. The van der Waals surface area contributed by atoms with Crippen LogP contribution in [0.1, 0.15) is 11.5 Å². The van der Waals surface area contributed by atoms with E-state index in [1.165, 1.54) is 11.3 Å². The summed E-state index contributed by atoms with van der Waals surface area (Å²) < 4.78 is 7.52. The fraction of sp³-hybridized carbons (Fsp3) is 0.150. The average molecular weight is 378 g/mol. The Bertz CT molecular complexity index is 1090. The number of carbonyl (C=O) groups is 1. The highest BCUT2D eigenvalue weighted by Gasteiger charge is 2.12. The number of aromatic nitrogens is 3. The molecule has 0 aliphatic heterocycles. The molecule has 0 saturated heterocycles. The molecule has 0 aliphatic carbocycles. The summed E-state index contributed by atoms with van der Waals surface area (Å²) in [5.74, 6) is 2.31. The monoisotopic (exact) mass is 378 g/mol. The van der Waals surface area contributed by atoms with Crippen molar-refractivity contribution >= 4 is 22.9 Å². The highest BCUT2D eigenvalue weighted by Crippen LogP contribution is 2.26. The molecular formula is C20H18N4O2S. The van der Waals surface area contributed by atoms with Crippen LogP contribution in [0.5, 0.6) is 0 Å². The molecule has 3 heterocycles. The van der Waals surface area contributed by atoms with Gasteiger partial charge in [0.2, 0.25) is 5.91 Å². The molecule has 6 nitrogen and oxygen atoms in total. The van der Waals surface area contributed by atoms with Gasteiger partial charge in [-0.3, -0.25) is 4.79 Å². The van der Waals surface area contributed by atoms with Gasteiger partial charge in [0.05, 0.1) is 12.1 Å². The molecule has 3 aromatic heterocycles. The van der Waals surface area contributed by atoms with E-state index in [1.807, 2.05) is 66.5 Å². The fourth-order valence-electron chi connectivity index (χ4n) is 2.80. The number of anilines is 1. The molecule has 0 aliphatic rings. The van der Waals surface area contributed by atoms with Crippen molar-refractivity contribution in [1.29, 1.82) is 0 Å². The van der Waals surface area contributed by atoms with Crippen molar-refractivity contribution in [1.82, 2.24) is 14.5 Å². The highest BCUT2D eigenvalue weighted by atomic mass is 32.1. The molecule has 4 aromatic rings. The number of benzene rings is 1. The van der Waals surface area contributed by atoms with E-state index in [9.17, 15) is 4.79 Å². The number of aryl methyl sites for hydroxylation is 2. The molecule has 4 rings (SSSR count). The zero-order valence-electron chi connectivity index (χ0n) is 15.0. The predicted octanol–water partition coefficient (Wildman–Crippen LogP) is 4.29. The summed E-state index contributed by atoms with van der Waals surface area (Å²) in [5, 5.41) is 5.60. The highest BCUT2D eigenvalue weighted by molar-refractivity contribution is 7.13. The number of thiazole rings is 1. The van der Waals surface area contributed by atoms with Crippen LogP contribution in [0.4, 0.5) is 5.69 Å². The minimum Gasteiger partial charge on any atom is -0.459 e. The van der Waals surface area contributed by atoms with Crippen LogP contribution < -0.4 is 5.32 Å². The molecule has 136 valence electrons. The molecule has 0 radical (unpaired) electrons. The Labute approximate surface area is 160 Å². The topological polar surface area (TPSA) is 73.0 Å². The summed E-state index contributed by atoms with van der Waals surface area (Å²) in [5.41, 5.74) is 2.41. The Balaban J connectivity index is 1.44. The van der Waals surface area contributed by atoms with Gasteiger partial charge in [0.1, 0.15) is 11.6 Å². The molecule has 0 saturated carbocycles. The fourth-order valence-corrected chi connectivity index (χ4v) is 3.58. The lowest BCUT2D eigenvalue weighted by Gasteiger charge is -2.07. The third-order valence-electron chi connectivity index (χ3n) is 4.07. The van der Waals surface area contributed by atoms with Gasteiger partial charge in [-0.25, -0.2) is 9.97 Å². The molecule has 0 atom stereocenters. The van der Waals surface area contributed by atoms with Crippen LogP contribution in [-0.4, -0.2) is 20.4 Å². The van der Waals surface area contributed by atoms with Gasteiger partial charge >= 0.3 is 0 Å². The van der Waals surface area contributed by atoms with Crippen molar-refractivity contribution in [3.63, 3.8) is 0 Å². The largest absolute Gasteiger partial charge is 0.459 e. The van der Waals surface area contributed by atoms with Gasteiger partial charge < -0.3 is 14.3 Å². The molecule has 0 unspecified atom stereocenters. The number of nitrogens with one attached hydrogen (secondary N) is 1. The number of hydrogen-bond acceptors (Lipinski definition) is 5. The quantitative estimate of drug-likeness (QED) is 0.562. The molecule has 7 heteroatoms. The second-order valence-corrected chi connectivity index (χ2v) is 7.08. The van der Waals surface area contributed by atoms with E-state index < -0.39 is 0 Å². The van der Waals surface area contributed by atoms with Crippen molar-refractivity contribution < 1.29 is 9.21 Å². The number of amides is 1. The van der Waals surface area contributed by atoms with Crippen molar-refractivity contribution in [2.45, 2.75) is 13.3 Å². The summed E-state index contributed by atoms with van der Waals surface area (Å²) >= 11 is 1.47. The maximum atomic E-state index is 12.4. The zero-order chi connectivity index (χ0) is 18.8. The average Bonchev–Trinajstić information content (AvgIpc) is 3.36. The zero-order valence-corrected chi connectivity index (χ0v) is 15.8. The summed E-state index contributed by atoms with van der Waals surface area (Å²) in [6.45, 7) is 1.89. The minimum absolute atomic E-state index is 0.112. The predicted molar refractivity (Wildman–Crippen MR) is 106 cm³/mol. The van der Waals surface area contributed by atoms with Crippen molar-refractivity contribution in [2.75, 3.05) is 5.32 Å². The van der Waals surface area contributed by atoms with E-state index in [4.69, 9.17) is 4.42 Å². The Morgan fingerprint density at radius 3 is 2.93 bits per heavy atom. The molecule has 1 amide bonds. The molecule has 1 N–H and O–H groups in total. The lowest BCUT2D eigenvalue weighted by atomic mass is 10.2. The third-order valence-corrected chi connectivity index (χ3v) is 4.98. The summed E-state index contributed by atoms with van der Waals surface area (Å²) in [4.78, 5) is 21.2. The first-order valence-corrected chi connectivity index (χ1v) is 9.35. The molecule has 0 bridgehead atoms. The van der Waals surface area contributed by atoms with E-state index in [-0.39, 0.29) is 12.3 Å². The van der Waals surface area contributed by atoms with Crippen molar-refractivity contribution in [3.05, 3.63) is 65.6 Å². The maximum absolute atomic E-state index is 12.4. The first-order valence-electron chi connectivity index (χ1n) is 8.47. The van der Waals surface area contributed by atoms with E-state index >= 15 is 0 Å². The van der Waals surface area contributed by atoms with E-state index in [1.54, 1.807) is 6.20 Å². The normalized spacial score (nSPS) is 10.9. The summed E-state index contributed by atoms with van der Waals surface area (Å²) in [6.07, 6.45) is 3.85. The van der Waals surface area contributed by atoms with Crippen LogP contribution in [-0.2, 0) is 18.3 Å². The number of rotatable bonds is 5. The standard InChI is InChI=1S/C20H18N4O2S/c1-13-6-7-17(26-13)20-23-16(12-27-20)11-18(25)22-15-5-3-4-14(10-15)19-21-8-9-24(19)2/h3-10,12H,11H2,1-2H3,(H,22,25). The third kappa shape index (κ3) is 3.83. The van der Waals surface area contributed by atoms with E-state index in [0.717, 1.165) is 39.3 Å². The van der Waals surface area contributed by atoms with Crippen LogP contribution in [0, 0.1) is 6.92 Å². The van der Waals surface area contributed by atoms with Gasteiger partial charge in [0.25, 0.3) is 0 Å². The number of hydrogen-bond donors (Lipinski definition) is 1. The Morgan fingerprint density at radius 2 is 2.19 bits per heavy atom. The lowest BCUT2D eigenvalue weighted by molar-refractivity contribution is -0.115. The summed E-state index contributed by atoms with van der Waals surface area (Å²) in [6, 6.07) is 11.4. The second-order valence-electron chi connectivity index (χ2n) is 6.22. The van der Waals surface area contributed by atoms with Gasteiger partial charge in [-0.2, -0.15) is 0 Å². The summed E-state index contributed by atoms with van der Waals surface area (Å²) in [7, 11) is 1.94. The van der Waals surface area contributed by atoms with Crippen LogP contribution >= 0.6 is 11.3 Å². The molecule has 0 spiro atoms. The Hall–Kier alpha value is -3.19. The number of imidazole rings is 1. The van der Waals surface area contributed by atoms with E-state index in [0.29, 0.717) is 0 Å². The van der Waals surface area contributed by atoms with Crippen LogP contribution in [0.3, 0.4) is 0 Å². The van der Waals surface area contributed by atoms with Gasteiger partial charge in [-0.1, -0.05) is 12.1 Å². The SMILES string of the molecule is Cc1ccc(-c2nc(CC(=O)Nc3cccc(-c4nccn4C)c3)cs2)o1. The smallest absolute Gasteiger partial charge is 0.230 e. The number of furan rings is 1. The van der Waals surface area contributed by atoms with Crippen LogP contribution in [0.2, 0.25) is 0 Å². The minimum atomic E-state index is -0.112. The first kappa shape index (κ1) is 17.2. The number of nitrogens with zero attached hydrogens (tertiary/aromatic N) is 3. The van der Waals surface area contributed by atoms with Crippen molar-refractivity contribution in [2.24, 2.45) is 7.05 Å². The maximum Gasteiger partial charge on any atom is 0.230 e. The molecular weight excluding hydrogens is 360 g/mol. The lowest BCUT2D eigenvalue weighted by Crippen LogP contribution is -2.14. The van der Waals surface area contributed by atoms with Gasteiger partial charge in [-0.15, -0.1) is 11.3 Å². The van der Waals surface area contributed by atoms with Gasteiger partial charge in [-0.05, 0) is 31.2 Å². The van der Waals surface area contributed by atoms with Gasteiger partial charge in [0, 0.05) is 36.1 Å². The molecule has 27 heavy (non-hydrogen) atoms. The van der Waals surface area contributed by atoms with Crippen LogP contribution in [0.25, 0.3) is 22.2 Å². The Morgan fingerprint density at radius 1 is 1.30 bits per heavy atom. The van der Waals surface area contributed by atoms with E-state index in [2.05, 4.69) is 15.3 Å². The number of carbonyl (C=O) groups excluding carboxylic acids is 1.